The van der Waals surface area contributed by atoms with Gasteiger partial charge in [0, 0.05) is 18.7 Å². The van der Waals surface area contributed by atoms with E-state index in [9.17, 15) is 4.79 Å². The van der Waals surface area contributed by atoms with Crippen molar-refractivity contribution >= 4 is 6.03 Å². The van der Waals surface area contributed by atoms with Gasteiger partial charge in [0.15, 0.2) is 0 Å². The molecule has 2 aliphatic heterocycles. The first kappa shape index (κ1) is 15.0. The first-order chi connectivity index (χ1) is 11.3. The Morgan fingerprint density at radius 1 is 1.00 bits per heavy atom. The summed E-state index contributed by atoms with van der Waals surface area (Å²) < 4.78 is 6.12. The number of likely N-dealkylation sites (tertiary alicyclic amines) is 1. The molecule has 124 valence electrons. The molecular weight excluding hydrogens is 292 g/mol. The summed E-state index contributed by atoms with van der Waals surface area (Å²) >= 11 is 0. The average molecular weight is 316 g/mol. The van der Waals surface area contributed by atoms with Gasteiger partial charge in [0.25, 0.3) is 0 Å². The van der Waals surface area contributed by atoms with E-state index in [2.05, 4.69) is 0 Å². The van der Waals surface area contributed by atoms with E-state index in [0.717, 1.165) is 37.9 Å². The maximum absolute atomic E-state index is 12.6. The fraction of sp³-hybridized carbons (Fsp3) is 0.611. The van der Waals surface area contributed by atoms with Crippen molar-refractivity contribution in [2.24, 2.45) is 0 Å². The van der Waals surface area contributed by atoms with Crippen LogP contribution in [0.2, 0.25) is 0 Å². The maximum atomic E-state index is 12.6. The first-order valence-corrected chi connectivity index (χ1v) is 8.76. The standard InChI is InChI=1S/C18H24N2O3/c21-18(20-17(23-20)14-6-2-1-3-7-14)19-12-5-10-16(11-13-19)22-15-8-4-9-15/h1-3,6-7,15-17H,4-5,8-13H2. The van der Waals surface area contributed by atoms with Crippen LogP contribution in [0.1, 0.15) is 50.3 Å². The van der Waals surface area contributed by atoms with Gasteiger partial charge in [0.1, 0.15) is 0 Å². The highest BCUT2D eigenvalue weighted by molar-refractivity contribution is 5.75. The van der Waals surface area contributed by atoms with Crippen LogP contribution in [-0.2, 0) is 9.57 Å². The van der Waals surface area contributed by atoms with E-state index in [1.807, 2.05) is 35.2 Å². The lowest BCUT2D eigenvalue weighted by molar-refractivity contribution is -0.0557. The predicted molar refractivity (Wildman–Crippen MR) is 85.4 cm³/mol. The van der Waals surface area contributed by atoms with Gasteiger partial charge in [-0.05, 0) is 38.5 Å². The Balaban J connectivity index is 1.29. The number of carbonyl (C=O) groups is 1. The van der Waals surface area contributed by atoms with Crippen molar-refractivity contribution in [3.8, 4) is 0 Å². The monoisotopic (exact) mass is 316 g/mol. The number of urea groups is 1. The summed E-state index contributed by atoms with van der Waals surface area (Å²) in [6.07, 6.45) is 7.30. The molecule has 2 atom stereocenters. The molecule has 0 N–H and O–H groups in total. The van der Waals surface area contributed by atoms with Crippen LogP contribution in [0.4, 0.5) is 4.79 Å². The molecule has 0 spiro atoms. The summed E-state index contributed by atoms with van der Waals surface area (Å²) in [4.78, 5) is 20.0. The van der Waals surface area contributed by atoms with Crippen LogP contribution >= 0.6 is 0 Å². The first-order valence-electron chi connectivity index (χ1n) is 8.76. The van der Waals surface area contributed by atoms with Crippen molar-refractivity contribution in [3.05, 3.63) is 35.9 Å². The number of carbonyl (C=O) groups excluding carboxylic acids is 1. The highest BCUT2D eigenvalue weighted by Crippen LogP contribution is 2.38. The number of ether oxygens (including phenoxy) is 1. The highest BCUT2D eigenvalue weighted by Gasteiger charge is 2.45. The Kier molecular flexibility index (Phi) is 4.23. The topological polar surface area (TPSA) is 45.1 Å². The van der Waals surface area contributed by atoms with Crippen molar-refractivity contribution in [3.63, 3.8) is 0 Å². The molecule has 2 unspecified atom stereocenters. The van der Waals surface area contributed by atoms with Gasteiger partial charge in [-0.15, -0.1) is 0 Å². The number of hydroxylamine groups is 2. The number of amides is 2. The van der Waals surface area contributed by atoms with E-state index in [1.165, 1.54) is 24.3 Å². The molecule has 2 heterocycles. The van der Waals surface area contributed by atoms with Gasteiger partial charge < -0.3 is 9.64 Å². The van der Waals surface area contributed by atoms with Crippen molar-refractivity contribution in [1.82, 2.24) is 9.96 Å². The van der Waals surface area contributed by atoms with E-state index >= 15 is 0 Å². The third-order valence-corrected chi connectivity index (χ3v) is 5.04. The van der Waals surface area contributed by atoms with Crippen LogP contribution < -0.4 is 0 Å². The summed E-state index contributed by atoms with van der Waals surface area (Å²) in [5, 5.41) is 1.49. The van der Waals surface area contributed by atoms with Crippen LogP contribution in [0.3, 0.4) is 0 Å². The van der Waals surface area contributed by atoms with Crippen molar-refractivity contribution in [2.75, 3.05) is 13.1 Å². The summed E-state index contributed by atoms with van der Waals surface area (Å²) in [7, 11) is 0. The minimum atomic E-state index is -0.214. The maximum Gasteiger partial charge on any atom is 0.346 e. The Morgan fingerprint density at radius 2 is 1.74 bits per heavy atom. The van der Waals surface area contributed by atoms with Crippen molar-refractivity contribution in [2.45, 2.75) is 57.0 Å². The molecule has 23 heavy (non-hydrogen) atoms. The molecule has 5 nitrogen and oxygen atoms in total. The number of hydrogen-bond acceptors (Lipinski definition) is 3. The van der Waals surface area contributed by atoms with Gasteiger partial charge in [-0.25, -0.2) is 9.63 Å². The second kappa shape index (κ2) is 6.49. The molecule has 2 amide bonds. The SMILES string of the molecule is O=C(N1CCCC(OC2CCC2)CC1)N1OC1c1ccccc1. The lowest BCUT2D eigenvalue weighted by atomic mass is 9.95. The number of benzene rings is 1. The summed E-state index contributed by atoms with van der Waals surface area (Å²) in [6, 6.07) is 9.87. The third-order valence-electron chi connectivity index (χ3n) is 5.04. The zero-order chi connectivity index (χ0) is 15.6. The van der Waals surface area contributed by atoms with Gasteiger partial charge in [-0.3, -0.25) is 0 Å². The molecule has 1 aromatic rings. The largest absolute Gasteiger partial charge is 0.375 e. The Hall–Kier alpha value is -1.59. The molecule has 1 saturated carbocycles. The molecular formula is C18H24N2O3. The molecule has 4 rings (SSSR count). The Labute approximate surface area is 137 Å². The quantitative estimate of drug-likeness (QED) is 0.802. The molecule has 3 fully saturated rings. The predicted octanol–water partition coefficient (Wildman–Crippen LogP) is 3.48. The molecule has 5 heteroatoms. The fourth-order valence-electron chi connectivity index (χ4n) is 3.35. The molecule has 0 aromatic heterocycles. The average Bonchev–Trinajstić information content (AvgIpc) is 3.35. The van der Waals surface area contributed by atoms with Crippen LogP contribution in [0.5, 0.6) is 0 Å². The highest BCUT2D eigenvalue weighted by atomic mass is 16.8. The van der Waals surface area contributed by atoms with Gasteiger partial charge in [0.05, 0.1) is 12.2 Å². The van der Waals surface area contributed by atoms with E-state index in [4.69, 9.17) is 9.57 Å². The van der Waals surface area contributed by atoms with Gasteiger partial charge >= 0.3 is 6.03 Å². The molecule has 0 radical (unpaired) electrons. The number of hydrogen-bond donors (Lipinski definition) is 0. The van der Waals surface area contributed by atoms with Crippen molar-refractivity contribution in [1.29, 1.82) is 0 Å². The number of rotatable bonds is 3. The van der Waals surface area contributed by atoms with Crippen LogP contribution in [0.15, 0.2) is 30.3 Å². The van der Waals surface area contributed by atoms with E-state index in [1.54, 1.807) is 0 Å². The fourth-order valence-corrected chi connectivity index (χ4v) is 3.35. The second-order valence-electron chi connectivity index (χ2n) is 6.71. The second-order valence-corrected chi connectivity index (χ2v) is 6.71. The Bertz CT molecular complexity index is 546. The molecule has 2 saturated heterocycles. The minimum absolute atomic E-state index is 0.0110. The zero-order valence-corrected chi connectivity index (χ0v) is 13.4. The van der Waals surface area contributed by atoms with Gasteiger partial charge in [0.2, 0.25) is 6.23 Å². The van der Waals surface area contributed by atoms with E-state index in [0.29, 0.717) is 12.2 Å². The lowest BCUT2D eigenvalue weighted by Crippen LogP contribution is -2.36. The van der Waals surface area contributed by atoms with Gasteiger partial charge in [-0.1, -0.05) is 30.3 Å². The lowest BCUT2D eigenvalue weighted by Gasteiger charge is -2.30. The normalized spacial score (nSPS) is 28.2. The molecule has 1 aromatic carbocycles. The van der Waals surface area contributed by atoms with Crippen LogP contribution in [-0.4, -0.2) is 41.3 Å². The summed E-state index contributed by atoms with van der Waals surface area (Å²) in [6.45, 7) is 1.56. The van der Waals surface area contributed by atoms with Crippen LogP contribution in [0.25, 0.3) is 0 Å². The smallest absolute Gasteiger partial charge is 0.346 e. The van der Waals surface area contributed by atoms with Crippen molar-refractivity contribution < 1.29 is 14.4 Å². The summed E-state index contributed by atoms with van der Waals surface area (Å²) in [5.41, 5.74) is 1.03. The third kappa shape index (κ3) is 3.35. The van der Waals surface area contributed by atoms with Crippen LogP contribution in [0, 0.1) is 0 Å². The Morgan fingerprint density at radius 3 is 2.48 bits per heavy atom. The molecule has 1 aliphatic carbocycles. The zero-order valence-electron chi connectivity index (χ0n) is 13.4. The minimum Gasteiger partial charge on any atom is -0.375 e. The van der Waals surface area contributed by atoms with E-state index in [-0.39, 0.29) is 12.3 Å². The molecule has 0 bridgehead atoms. The summed E-state index contributed by atoms with van der Waals surface area (Å²) in [5.74, 6) is 0. The van der Waals surface area contributed by atoms with E-state index < -0.39 is 0 Å². The number of nitrogens with zero attached hydrogens (tertiary/aromatic N) is 2. The van der Waals surface area contributed by atoms with Gasteiger partial charge in [-0.2, -0.15) is 5.06 Å². The molecule has 3 aliphatic rings.